The van der Waals surface area contributed by atoms with Gasteiger partial charge in [-0.2, -0.15) is 5.10 Å². The van der Waals surface area contributed by atoms with Gasteiger partial charge in [-0.15, -0.1) is 0 Å². The number of nitrogens with one attached hydrogen (secondary N) is 1. The predicted molar refractivity (Wildman–Crippen MR) is 63.8 cm³/mol. The van der Waals surface area contributed by atoms with E-state index in [4.69, 9.17) is 11.6 Å². The molecule has 88 valence electrons. The molecule has 0 bridgehead atoms. The number of hydrogen-bond acceptors (Lipinski definition) is 3. The van der Waals surface area contributed by atoms with Gasteiger partial charge in [0.05, 0.1) is 6.04 Å². The fourth-order valence-electron chi connectivity index (χ4n) is 2.75. The first-order valence-electron chi connectivity index (χ1n) is 5.90. The molecule has 1 saturated heterocycles. The molecule has 3 heterocycles. The number of fused-ring (bicyclic) bond motifs is 1. The zero-order chi connectivity index (χ0) is 11.1. The topological polar surface area (TPSA) is 33.1 Å². The van der Waals surface area contributed by atoms with Gasteiger partial charge in [0.1, 0.15) is 0 Å². The first-order valence-corrected chi connectivity index (χ1v) is 6.28. The molecule has 2 aliphatic heterocycles. The second-order valence-electron chi connectivity index (χ2n) is 4.79. The molecule has 0 aliphatic carbocycles. The average molecular weight is 241 g/mol. The van der Waals surface area contributed by atoms with E-state index in [0.29, 0.717) is 11.2 Å². The maximum atomic E-state index is 6.19. The number of rotatable bonds is 1. The van der Waals surface area contributed by atoms with Gasteiger partial charge in [0.2, 0.25) is 0 Å². The number of nitrogens with zero attached hydrogens (tertiary/aromatic N) is 3. The largest absolute Gasteiger partial charge is 0.312 e. The summed E-state index contributed by atoms with van der Waals surface area (Å²) in [5.74, 6) is 0. The normalized spacial score (nSPS) is 26.0. The van der Waals surface area contributed by atoms with Crippen molar-refractivity contribution in [3.63, 3.8) is 0 Å². The third kappa shape index (κ3) is 1.65. The van der Waals surface area contributed by atoms with Crippen LogP contribution in [-0.4, -0.2) is 41.4 Å². The molecule has 16 heavy (non-hydrogen) atoms. The molecule has 1 atom stereocenters. The summed E-state index contributed by atoms with van der Waals surface area (Å²) in [5.41, 5.74) is 2.56. The van der Waals surface area contributed by atoms with Gasteiger partial charge in [0, 0.05) is 37.3 Å². The molecule has 5 heteroatoms. The highest BCUT2D eigenvalue weighted by Crippen LogP contribution is 2.28. The van der Waals surface area contributed by atoms with Crippen LogP contribution in [0.1, 0.15) is 23.7 Å². The van der Waals surface area contributed by atoms with Crippen molar-refractivity contribution in [3.8, 4) is 0 Å². The van der Waals surface area contributed by atoms with E-state index >= 15 is 0 Å². The minimum atomic E-state index is 0.518. The second kappa shape index (κ2) is 4.02. The van der Waals surface area contributed by atoms with Gasteiger partial charge >= 0.3 is 0 Å². The Labute approximate surface area is 101 Å². The lowest BCUT2D eigenvalue weighted by molar-refractivity contribution is 0.376. The highest BCUT2D eigenvalue weighted by Gasteiger charge is 2.27. The highest BCUT2D eigenvalue weighted by atomic mass is 35.5. The van der Waals surface area contributed by atoms with Gasteiger partial charge in [-0.3, -0.25) is 4.68 Å². The molecule has 0 amide bonds. The summed E-state index contributed by atoms with van der Waals surface area (Å²) in [6.45, 7) is 4.17. The van der Waals surface area contributed by atoms with E-state index in [-0.39, 0.29) is 0 Å². The van der Waals surface area contributed by atoms with E-state index in [1.165, 1.54) is 17.7 Å². The molecular weight excluding hydrogens is 224 g/mol. The summed E-state index contributed by atoms with van der Waals surface area (Å²) in [7, 11) is 2.17. The summed E-state index contributed by atoms with van der Waals surface area (Å²) < 4.78 is 2.18. The molecule has 4 nitrogen and oxygen atoms in total. The van der Waals surface area contributed by atoms with Crippen LogP contribution in [0.4, 0.5) is 0 Å². The van der Waals surface area contributed by atoms with Crippen LogP contribution in [0.15, 0.2) is 0 Å². The quantitative estimate of drug-likeness (QED) is 0.797. The van der Waals surface area contributed by atoms with Gasteiger partial charge in [-0.25, -0.2) is 0 Å². The molecule has 3 rings (SSSR count). The zero-order valence-electron chi connectivity index (χ0n) is 9.54. The standard InChI is InChI=1S/C11H17ClN4/c1-15-5-3-8(7-15)16-10-2-4-13-6-9(10)11(12)14-16/h8,13H,2-7H2,1H3. The van der Waals surface area contributed by atoms with Gasteiger partial charge in [0.25, 0.3) is 0 Å². The van der Waals surface area contributed by atoms with Crippen molar-refractivity contribution in [1.82, 2.24) is 20.0 Å². The van der Waals surface area contributed by atoms with Crippen LogP contribution in [-0.2, 0) is 13.0 Å². The van der Waals surface area contributed by atoms with Crippen LogP contribution in [0.2, 0.25) is 5.15 Å². The first kappa shape index (κ1) is 10.6. The zero-order valence-corrected chi connectivity index (χ0v) is 10.3. The van der Waals surface area contributed by atoms with Crippen LogP contribution >= 0.6 is 11.6 Å². The number of aromatic nitrogens is 2. The van der Waals surface area contributed by atoms with Crippen molar-refractivity contribution >= 4 is 11.6 Å². The molecule has 2 aliphatic rings. The molecule has 0 aromatic carbocycles. The molecule has 0 saturated carbocycles. The smallest absolute Gasteiger partial charge is 0.155 e. The van der Waals surface area contributed by atoms with Crippen molar-refractivity contribution < 1.29 is 0 Å². The first-order chi connectivity index (χ1) is 7.75. The fraction of sp³-hybridized carbons (Fsp3) is 0.727. The van der Waals surface area contributed by atoms with Crippen molar-refractivity contribution in [1.29, 1.82) is 0 Å². The van der Waals surface area contributed by atoms with E-state index < -0.39 is 0 Å². The molecule has 0 spiro atoms. The number of likely N-dealkylation sites (tertiary alicyclic amines) is 1. The van der Waals surface area contributed by atoms with Gasteiger partial charge in [-0.05, 0) is 20.0 Å². The summed E-state index contributed by atoms with van der Waals surface area (Å²) in [6.07, 6.45) is 2.24. The Morgan fingerprint density at radius 2 is 2.38 bits per heavy atom. The molecule has 0 radical (unpaired) electrons. The van der Waals surface area contributed by atoms with Crippen molar-refractivity contribution in [3.05, 3.63) is 16.4 Å². The maximum absolute atomic E-state index is 6.19. The Hall–Kier alpha value is -0.580. The molecule has 1 N–H and O–H groups in total. The Balaban J connectivity index is 1.95. The molecule has 1 fully saturated rings. The lowest BCUT2D eigenvalue weighted by atomic mass is 10.1. The Bertz CT molecular complexity index is 401. The monoisotopic (exact) mass is 240 g/mol. The molecular formula is C11H17ClN4. The van der Waals surface area contributed by atoms with Crippen molar-refractivity contribution in [2.24, 2.45) is 0 Å². The Kier molecular flexibility index (Phi) is 2.65. The van der Waals surface area contributed by atoms with E-state index in [1.54, 1.807) is 0 Å². The van der Waals surface area contributed by atoms with E-state index in [9.17, 15) is 0 Å². The van der Waals surface area contributed by atoms with Crippen LogP contribution in [0, 0.1) is 0 Å². The van der Waals surface area contributed by atoms with Crippen LogP contribution in [0.5, 0.6) is 0 Å². The minimum absolute atomic E-state index is 0.518. The summed E-state index contributed by atoms with van der Waals surface area (Å²) in [4.78, 5) is 2.35. The third-order valence-electron chi connectivity index (χ3n) is 3.62. The molecule has 1 aromatic rings. The summed E-state index contributed by atoms with van der Waals surface area (Å²) in [6, 6.07) is 0.518. The molecule has 1 aromatic heterocycles. The third-order valence-corrected chi connectivity index (χ3v) is 3.93. The number of halogens is 1. The Morgan fingerprint density at radius 3 is 3.12 bits per heavy atom. The van der Waals surface area contributed by atoms with E-state index in [2.05, 4.69) is 27.0 Å². The average Bonchev–Trinajstić information content (AvgIpc) is 2.84. The highest BCUT2D eigenvalue weighted by molar-refractivity contribution is 6.30. The van der Waals surface area contributed by atoms with Gasteiger partial charge in [0.15, 0.2) is 5.15 Å². The second-order valence-corrected chi connectivity index (χ2v) is 5.15. The van der Waals surface area contributed by atoms with E-state index in [0.717, 1.165) is 32.6 Å². The number of hydrogen-bond donors (Lipinski definition) is 1. The predicted octanol–water partition coefficient (Wildman–Crippen LogP) is 1.06. The van der Waals surface area contributed by atoms with Crippen LogP contribution < -0.4 is 5.32 Å². The lowest BCUT2D eigenvalue weighted by Gasteiger charge is -2.18. The Morgan fingerprint density at radius 1 is 1.50 bits per heavy atom. The SMILES string of the molecule is CN1CCC(n2nc(Cl)c3c2CCNC3)C1. The minimum Gasteiger partial charge on any atom is -0.312 e. The fourth-order valence-corrected chi connectivity index (χ4v) is 3.00. The number of likely N-dealkylation sites (N-methyl/N-ethyl adjacent to an activating group) is 1. The lowest BCUT2D eigenvalue weighted by Crippen LogP contribution is -2.26. The summed E-state index contributed by atoms with van der Waals surface area (Å²) >= 11 is 6.19. The van der Waals surface area contributed by atoms with Crippen molar-refractivity contribution in [2.45, 2.75) is 25.4 Å². The van der Waals surface area contributed by atoms with Crippen LogP contribution in [0.25, 0.3) is 0 Å². The van der Waals surface area contributed by atoms with Gasteiger partial charge in [-0.1, -0.05) is 11.6 Å². The summed E-state index contributed by atoms with van der Waals surface area (Å²) in [5, 5.41) is 8.56. The van der Waals surface area contributed by atoms with E-state index in [1.807, 2.05) is 0 Å². The van der Waals surface area contributed by atoms with Gasteiger partial charge < -0.3 is 10.2 Å². The molecule has 1 unspecified atom stereocenters. The van der Waals surface area contributed by atoms with Crippen LogP contribution in [0.3, 0.4) is 0 Å². The van der Waals surface area contributed by atoms with Crippen molar-refractivity contribution in [2.75, 3.05) is 26.7 Å². The maximum Gasteiger partial charge on any atom is 0.155 e.